The number of amides is 2. The summed E-state index contributed by atoms with van der Waals surface area (Å²) >= 11 is 1.37. The van der Waals surface area contributed by atoms with Gasteiger partial charge in [-0.2, -0.15) is 0 Å². The van der Waals surface area contributed by atoms with Gasteiger partial charge in [0.05, 0.1) is 11.8 Å². The lowest BCUT2D eigenvalue weighted by Crippen LogP contribution is -2.34. The van der Waals surface area contributed by atoms with Crippen LogP contribution >= 0.6 is 11.8 Å². The molecule has 4 rings (SSSR count). The van der Waals surface area contributed by atoms with Crippen molar-refractivity contribution in [3.63, 3.8) is 0 Å². The Morgan fingerprint density at radius 3 is 2.50 bits per heavy atom. The van der Waals surface area contributed by atoms with Crippen LogP contribution < -0.4 is 5.32 Å². The average Bonchev–Trinajstić information content (AvgIpc) is 3.35. The summed E-state index contributed by atoms with van der Waals surface area (Å²) in [7, 11) is 0. The van der Waals surface area contributed by atoms with E-state index in [9.17, 15) is 9.59 Å². The molecule has 0 fully saturated rings. The summed E-state index contributed by atoms with van der Waals surface area (Å²) < 4.78 is 1.89. The van der Waals surface area contributed by atoms with Crippen molar-refractivity contribution in [3.8, 4) is 5.69 Å². The minimum absolute atomic E-state index is 0.0141. The molecule has 0 aliphatic heterocycles. The highest BCUT2D eigenvalue weighted by atomic mass is 32.2. The van der Waals surface area contributed by atoms with E-state index < -0.39 is 0 Å². The summed E-state index contributed by atoms with van der Waals surface area (Å²) in [5.41, 5.74) is 4.82. The Bertz CT molecular complexity index is 1320. The van der Waals surface area contributed by atoms with Crippen molar-refractivity contribution in [1.29, 1.82) is 0 Å². The van der Waals surface area contributed by atoms with Crippen molar-refractivity contribution in [2.24, 2.45) is 0 Å². The van der Waals surface area contributed by atoms with Gasteiger partial charge in [0, 0.05) is 24.8 Å². The van der Waals surface area contributed by atoms with Crippen molar-refractivity contribution in [1.82, 2.24) is 19.7 Å². The van der Waals surface area contributed by atoms with Crippen molar-refractivity contribution in [2.45, 2.75) is 38.5 Å². The van der Waals surface area contributed by atoms with Gasteiger partial charge in [0.15, 0.2) is 5.16 Å². The van der Waals surface area contributed by atoms with Gasteiger partial charge in [-0.05, 0) is 49.2 Å². The highest BCUT2D eigenvalue weighted by molar-refractivity contribution is 7.99. The molecule has 0 saturated carbocycles. The molecule has 2 amide bonds. The Balaban J connectivity index is 1.54. The third kappa shape index (κ3) is 6.40. The van der Waals surface area contributed by atoms with Gasteiger partial charge in [-0.3, -0.25) is 14.2 Å². The van der Waals surface area contributed by atoms with Gasteiger partial charge in [-0.1, -0.05) is 71.9 Å². The fourth-order valence-corrected chi connectivity index (χ4v) is 4.71. The molecule has 0 spiro atoms. The third-order valence-corrected chi connectivity index (χ3v) is 6.75. The van der Waals surface area contributed by atoms with Gasteiger partial charge in [-0.15, -0.1) is 10.2 Å². The number of aryl methyl sites for hydroxylation is 1. The highest BCUT2D eigenvalue weighted by Crippen LogP contribution is 2.27. The van der Waals surface area contributed by atoms with E-state index in [-0.39, 0.29) is 23.6 Å². The molecule has 0 bridgehead atoms. The second-order valence-electron chi connectivity index (χ2n) is 8.60. The summed E-state index contributed by atoms with van der Waals surface area (Å²) in [5, 5.41) is 11.8. The number of benzene rings is 3. The fraction of sp³-hybridized carbons (Fsp3) is 0.214. The smallest absolute Gasteiger partial charge is 0.233 e. The zero-order chi connectivity index (χ0) is 25.5. The van der Waals surface area contributed by atoms with Gasteiger partial charge in [0.25, 0.3) is 0 Å². The van der Waals surface area contributed by atoms with E-state index in [1.54, 1.807) is 6.33 Å². The van der Waals surface area contributed by atoms with Crippen LogP contribution in [-0.4, -0.2) is 37.2 Å². The van der Waals surface area contributed by atoms with Crippen molar-refractivity contribution < 1.29 is 9.59 Å². The van der Waals surface area contributed by atoms with Crippen LogP contribution in [0.25, 0.3) is 5.69 Å². The first-order valence-electron chi connectivity index (χ1n) is 11.7. The van der Waals surface area contributed by atoms with Crippen LogP contribution in [0.1, 0.15) is 36.6 Å². The predicted octanol–water partition coefficient (Wildman–Crippen LogP) is 5.42. The van der Waals surface area contributed by atoms with Crippen LogP contribution in [0, 0.1) is 6.92 Å². The fourth-order valence-electron chi connectivity index (χ4n) is 3.90. The quantitative estimate of drug-likeness (QED) is 0.311. The number of rotatable bonds is 9. The molecule has 0 saturated heterocycles. The first-order chi connectivity index (χ1) is 17.4. The number of carbonyl (C=O) groups excluding carboxylic acids is 2. The first kappa shape index (κ1) is 25.2. The van der Waals surface area contributed by atoms with Crippen LogP contribution in [-0.2, 0) is 16.1 Å². The summed E-state index contributed by atoms with van der Waals surface area (Å²) in [6.07, 6.45) is 1.66. The van der Waals surface area contributed by atoms with Gasteiger partial charge >= 0.3 is 0 Å². The Morgan fingerprint density at radius 2 is 1.78 bits per heavy atom. The molecule has 0 aliphatic rings. The van der Waals surface area contributed by atoms with Crippen LogP contribution in [0.5, 0.6) is 0 Å². The number of anilines is 1. The van der Waals surface area contributed by atoms with E-state index in [0.717, 1.165) is 16.8 Å². The molecule has 36 heavy (non-hydrogen) atoms. The molecule has 4 aromatic rings. The molecular weight excluding hydrogens is 470 g/mol. The summed E-state index contributed by atoms with van der Waals surface area (Å²) in [5.74, 6) is 0.0680. The SMILES string of the molecule is CC(=O)Nc1cccc(C(C)N(Cc2ccccc2)C(=O)CSc2nncn2-c2ccc(C)cc2)c1. The predicted molar refractivity (Wildman–Crippen MR) is 143 cm³/mol. The Morgan fingerprint density at radius 1 is 1.03 bits per heavy atom. The zero-order valence-corrected chi connectivity index (χ0v) is 21.4. The van der Waals surface area contributed by atoms with E-state index in [4.69, 9.17) is 0 Å². The number of nitrogens with one attached hydrogen (secondary N) is 1. The Labute approximate surface area is 215 Å². The summed E-state index contributed by atoms with van der Waals surface area (Å²) in [6, 6.07) is 25.4. The molecule has 0 radical (unpaired) electrons. The minimum atomic E-state index is -0.206. The maximum Gasteiger partial charge on any atom is 0.233 e. The average molecular weight is 500 g/mol. The minimum Gasteiger partial charge on any atom is -0.331 e. The second-order valence-corrected chi connectivity index (χ2v) is 9.54. The van der Waals surface area contributed by atoms with E-state index in [2.05, 4.69) is 15.5 Å². The number of carbonyl (C=O) groups is 2. The first-order valence-corrected chi connectivity index (χ1v) is 12.7. The van der Waals surface area contributed by atoms with Gasteiger partial charge in [0.2, 0.25) is 11.8 Å². The maximum atomic E-state index is 13.6. The van der Waals surface area contributed by atoms with Crippen LogP contribution in [0.3, 0.4) is 0 Å². The molecule has 3 aromatic carbocycles. The lowest BCUT2D eigenvalue weighted by atomic mass is 10.0. The van der Waals surface area contributed by atoms with Gasteiger partial charge in [0.1, 0.15) is 6.33 Å². The molecule has 7 nitrogen and oxygen atoms in total. The number of nitrogens with zero attached hydrogens (tertiary/aromatic N) is 4. The molecule has 1 atom stereocenters. The molecular formula is C28H29N5O2S. The molecule has 184 valence electrons. The third-order valence-electron chi connectivity index (χ3n) is 5.83. The molecule has 1 heterocycles. The number of hydrogen-bond acceptors (Lipinski definition) is 5. The van der Waals surface area contributed by atoms with E-state index in [0.29, 0.717) is 17.4 Å². The highest BCUT2D eigenvalue weighted by Gasteiger charge is 2.23. The van der Waals surface area contributed by atoms with Gasteiger partial charge in [-0.25, -0.2) is 0 Å². The van der Waals surface area contributed by atoms with Crippen molar-refractivity contribution in [3.05, 3.63) is 102 Å². The molecule has 1 unspecified atom stereocenters. The Kier molecular flexibility index (Phi) is 8.17. The largest absolute Gasteiger partial charge is 0.331 e. The lowest BCUT2D eigenvalue weighted by molar-refractivity contribution is -0.131. The number of thioether (sulfide) groups is 1. The van der Waals surface area contributed by atoms with Crippen LogP contribution in [0.2, 0.25) is 0 Å². The number of aromatic nitrogens is 3. The summed E-state index contributed by atoms with van der Waals surface area (Å²) in [4.78, 5) is 27.0. The molecule has 0 aliphatic carbocycles. The second kappa shape index (κ2) is 11.7. The molecule has 8 heteroatoms. The number of hydrogen-bond donors (Lipinski definition) is 1. The summed E-state index contributed by atoms with van der Waals surface area (Å²) in [6.45, 7) is 6.00. The van der Waals surface area contributed by atoms with Crippen molar-refractivity contribution in [2.75, 3.05) is 11.1 Å². The Hall–Kier alpha value is -3.91. The van der Waals surface area contributed by atoms with E-state index in [1.165, 1.54) is 24.2 Å². The standard InChI is InChI=1S/C28H29N5O2S/c1-20-12-14-26(15-13-20)33-19-29-31-28(33)36-18-27(35)32(17-23-8-5-4-6-9-23)21(2)24-10-7-11-25(16-24)30-22(3)34/h4-16,19,21H,17-18H2,1-3H3,(H,30,34). The van der Waals surface area contributed by atoms with Crippen molar-refractivity contribution >= 4 is 29.3 Å². The zero-order valence-electron chi connectivity index (χ0n) is 20.6. The van der Waals surface area contributed by atoms with Crippen LogP contribution in [0.15, 0.2) is 90.3 Å². The molecule has 1 N–H and O–H groups in total. The maximum absolute atomic E-state index is 13.6. The van der Waals surface area contributed by atoms with E-state index in [1.807, 2.05) is 102 Å². The molecule has 1 aromatic heterocycles. The monoisotopic (exact) mass is 499 g/mol. The normalized spacial score (nSPS) is 11.6. The van der Waals surface area contributed by atoms with Gasteiger partial charge < -0.3 is 10.2 Å². The van der Waals surface area contributed by atoms with E-state index >= 15 is 0 Å². The van der Waals surface area contributed by atoms with Crippen LogP contribution in [0.4, 0.5) is 5.69 Å². The lowest BCUT2D eigenvalue weighted by Gasteiger charge is -2.30. The topological polar surface area (TPSA) is 80.1 Å².